The molecular formula is C29H19F3N2O3S. The molecule has 0 amide bonds. The molecule has 9 heteroatoms. The van der Waals surface area contributed by atoms with Crippen LogP contribution in [0.3, 0.4) is 0 Å². The molecule has 0 radical (unpaired) electrons. The summed E-state index contributed by atoms with van der Waals surface area (Å²) in [5, 5.41) is 0. The predicted octanol–water partition coefficient (Wildman–Crippen LogP) is 7.37. The molecular weight excluding hydrogens is 513 g/mol. The summed E-state index contributed by atoms with van der Waals surface area (Å²) < 4.78 is 67.1. The van der Waals surface area contributed by atoms with Crippen LogP contribution in [0.15, 0.2) is 116 Å². The second kappa shape index (κ2) is 10.1. The number of alkyl halides is 3. The Balaban J connectivity index is 1.55. The van der Waals surface area contributed by atoms with Crippen molar-refractivity contribution < 1.29 is 25.8 Å². The first kappa shape index (κ1) is 25.2. The zero-order valence-electron chi connectivity index (χ0n) is 19.6. The number of rotatable bonds is 6. The third-order valence-corrected chi connectivity index (χ3v) is 6.71. The minimum Gasteiger partial charge on any atom is -0.376 e. The Labute approximate surface area is 217 Å². The van der Waals surface area contributed by atoms with E-state index in [1.54, 1.807) is 30.6 Å². The van der Waals surface area contributed by atoms with Crippen LogP contribution in [-0.4, -0.2) is 23.9 Å². The van der Waals surface area contributed by atoms with Crippen molar-refractivity contribution in [2.45, 2.75) is 5.51 Å². The molecule has 0 atom stereocenters. The van der Waals surface area contributed by atoms with Crippen molar-refractivity contribution in [2.24, 2.45) is 0 Å². The van der Waals surface area contributed by atoms with E-state index >= 15 is 0 Å². The van der Waals surface area contributed by atoms with Gasteiger partial charge in [0.05, 0.1) is 11.4 Å². The first-order valence-corrected chi connectivity index (χ1v) is 12.8. The lowest BCUT2D eigenvalue weighted by Crippen LogP contribution is -2.28. The molecule has 0 N–H and O–H groups in total. The molecule has 0 saturated heterocycles. The molecule has 5 rings (SSSR count). The molecule has 0 bridgehead atoms. The summed E-state index contributed by atoms with van der Waals surface area (Å²) in [7, 11) is -5.87. The van der Waals surface area contributed by atoms with Gasteiger partial charge in [-0.1, -0.05) is 72.8 Å². The Hall–Kier alpha value is -4.50. The summed E-state index contributed by atoms with van der Waals surface area (Å²) in [5.41, 5.74) is -0.421. The summed E-state index contributed by atoms with van der Waals surface area (Å²) in [4.78, 5) is 8.91. The van der Waals surface area contributed by atoms with Crippen LogP contribution in [-0.2, 0) is 10.1 Å². The van der Waals surface area contributed by atoms with Gasteiger partial charge in [-0.15, -0.1) is 0 Å². The van der Waals surface area contributed by atoms with Gasteiger partial charge >= 0.3 is 15.6 Å². The molecule has 0 aliphatic carbocycles. The van der Waals surface area contributed by atoms with Crippen molar-refractivity contribution in [1.29, 1.82) is 0 Å². The monoisotopic (exact) mass is 532 g/mol. The number of halogens is 3. The van der Waals surface area contributed by atoms with Crippen molar-refractivity contribution >= 4 is 10.1 Å². The number of benzene rings is 3. The quantitative estimate of drug-likeness (QED) is 0.169. The van der Waals surface area contributed by atoms with Crippen molar-refractivity contribution in [3.8, 4) is 50.5 Å². The SMILES string of the molecule is O=S(=O)(Oc1cc(-c2ccc(-c3ccccc3)cn2)cc(-c2ccc(-c3ccccc3)cn2)c1)C(F)(F)F. The molecule has 2 aromatic heterocycles. The van der Waals surface area contributed by atoms with Crippen LogP contribution in [0.4, 0.5) is 13.2 Å². The Morgan fingerprint density at radius 2 is 1.00 bits per heavy atom. The van der Waals surface area contributed by atoms with Crippen molar-refractivity contribution in [2.75, 3.05) is 0 Å². The number of hydrogen-bond donors (Lipinski definition) is 0. The van der Waals surface area contributed by atoms with Gasteiger partial charge in [-0.3, -0.25) is 9.97 Å². The van der Waals surface area contributed by atoms with Gasteiger partial charge in [0, 0.05) is 34.6 Å². The summed E-state index contributed by atoms with van der Waals surface area (Å²) in [6.45, 7) is 0. The zero-order chi connectivity index (χ0) is 26.8. The van der Waals surface area contributed by atoms with Crippen LogP contribution in [0.5, 0.6) is 5.75 Å². The lowest BCUT2D eigenvalue weighted by molar-refractivity contribution is -0.0500. The minimum atomic E-state index is -5.87. The maximum Gasteiger partial charge on any atom is 0.534 e. The van der Waals surface area contributed by atoms with Gasteiger partial charge in [-0.05, 0) is 41.5 Å². The third-order valence-electron chi connectivity index (χ3n) is 5.73. The second-order valence-corrected chi connectivity index (χ2v) is 9.86. The summed E-state index contributed by atoms with van der Waals surface area (Å²) >= 11 is 0. The van der Waals surface area contributed by atoms with Crippen molar-refractivity contribution in [1.82, 2.24) is 9.97 Å². The molecule has 2 heterocycles. The predicted molar refractivity (Wildman–Crippen MR) is 139 cm³/mol. The first-order chi connectivity index (χ1) is 18.2. The van der Waals surface area contributed by atoms with Gasteiger partial charge in [0.15, 0.2) is 0 Å². The van der Waals surface area contributed by atoms with Gasteiger partial charge < -0.3 is 4.18 Å². The lowest BCUT2D eigenvalue weighted by Gasteiger charge is -2.13. The highest BCUT2D eigenvalue weighted by Gasteiger charge is 2.48. The largest absolute Gasteiger partial charge is 0.534 e. The molecule has 38 heavy (non-hydrogen) atoms. The average Bonchev–Trinajstić information content (AvgIpc) is 2.93. The molecule has 190 valence electrons. The normalized spacial score (nSPS) is 11.8. The van der Waals surface area contributed by atoms with Crippen LogP contribution in [0.25, 0.3) is 44.8 Å². The molecule has 0 unspecified atom stereocenters. The van der Waals surface area contributed by atoms with E-state index in [0.29, 0.717) is 22.5 Å². The Morgan fingerprint density at radius 3 is 1.37 bits per heavy atom. The van der Waals surface area contributed by atoms with Gasteiger partial charge in [0.1, 0.15) is 5.75 Å². The smallest absolute Gasteiger partial charge is 0.376 e. The highest BCUT2D eigenvalue weighted by molar-refractivity contribution is 7.88. The third kappa shape index (κ3) is 5.42. The molecule has 5 nitrogen and oxygen atoms in total. The van der Waals surface area contributed by atoms with E-state index in [9.17, 15) is 21.6 Å². The lowest BCUT2D eigenvalue weighted by atomic mass is 10.0. The summed E-state index contributed by atoms with van der Waals surface area (Å²) in [6, 6.07) is 30.2. The molecule has 3 aromatic carbocycles. The van der Waals surface area contributed by atoms with E-state index in [0.717, 1.165) is 22.3 Å². The maximum atomic E-state index is 13.0. The summed E-state index contributed by atoms with van der Waals surface area (Å²) in [6.07, 6.45) is 3.27. The van der Waals surface area contributed by atoms with Crippen molar-refractivity contribution in [3.63, 3.8) is 0 Å². The topological polar surface area (TPSA) is 69.2 Å². The maximum absolute atomic E-state index is 13.0. The Bertz CT molecular complexity index is 1560. The standard InChI is InChI=1S/C29H19F3N2O3S/c30-29(31,32)38(35,36)37-26-16-24(27-13-11-22(18-33-27)20-7-3-1-4-8-20)15-25(17-26)28-14-12-23(19-34-28)21-9-5-2-6-10-21/h1-19H. The average molecular weight is 533 g/mol. The molecule has 0 spiro atoms. The van der Waals surface area contributed by atoms with Crippen molar-refractivity contribution in [3.05, 3.63) is 116 Å². The van der Waals surface area contributed by atoms with E-state index in [-0.39, 0.29) is 0 Å². The fourth-order valence-corrected chi connectivity index (χ4v) is 4.29. The molecule has 0 fully saturated rings. The van der Waals surface area contributed by atoms with Gasteiger partial charge in [-0.2, -0.15) is 21.6 Å². The van der Waals surface area contributed by atoms with Crippen LogP contribution < -0.4 is 4.18 Å². The number of pyridine rings is 2. The fraction of sp³-hybridized carbons (Fsp3) is 0.0345. The molecule has 0 aliphatic rings. The number of aromatic nitrogens is 2. The second-order valence-electron chi connectivity index (χ2n) is 8.33. The van der Waals surface area contributed by atoms with Crippen LogP contribution in [0, 0.1) is 0 Å². The van der Waals surface area contributed by atoms with E-state index in [1.165, 1.54) is 12.1 Å². The summed E-state index contributed by atoms with van der Waals surface area (Å²) in [5.74, 6) is -0.502. The molecule has 0 aliphatic heterocycles. The fourth-order valence-electron chi connectivity index (χ4n) is 3.85. The highest BCUT2D eigenvalue weighted by atomic mass is 32.2. The Kier molecular flexibility index (Phi) is 6.69. The number of hydrogen-bond acceptors (Lipinski definition) is 5. The van der Waals surface area contributed by atoms with Gasteiger partial charge in [0.2, 0.25) is 0 Å². The number of nitrogens with zero attached hydrogens (tertiary/aromatic N) is 2. The van der Waals surface area contributed by atoms with Gasteiger partial charge in [-0.25, -0.2) is 0 Å². The first-order valence-electron chi connectivity index (χ1n) is 11.4. The van der Waals surface area contributed by atoms with E-state index < -0.39 is 21.4 Å². The van der Waals surface area contributed by atoms with E-state index in [1.807, 2.05) is 72.8 Å². The highest BCUT2D eigenvalue weighted by Crippen LogP contribution is 2.34. The minimum absolute atomic E-state index is 0.364. The van der Waals surface area contributed by atoms with E-state index in [4.69, 9.17) is 0 Å². The van der Waals surface area contributed by atoms with Crippen LogP contribution >= 0.6 is 0 Å². The Morgan fingerprint density at radius 1 is 0.553 bits per heavy atom. The zero-order valence-corrected chi connectivity index (χ0v) is 20.4. The molecule has 0 saturated carbocycles. The van der Waals surface area contributed by atoms with Crippen LogP contribution in [0.2, 0.25) is 0 Å². The van der Waals surface area contributed by atoms with Crippen LogP contribution in [0.1, 0.15) is 0 Å². The van der Waals surface area contributed by atoms with Gasteiger partial charge in [0.25, 0.3) is 0 Å². The van der Waals surface area contributed by atoms with E-state index in [2.05, 4.69) is 14.2 Å². The molecule has 5 aromatic rings.